The fourth-order valence-corrected chi connectivity index (χ4v) is 4.45. The molecule has 5 rings (SSSR count). The Balaban J connectivity index is 1.30. The van der Waals surface area contributed by atoms with Crippen LogP contribution in [0, 0.1) is 11.7 Å². The van der Waals surface area contributed by atoms with Gasteiger partial charge < -0.3 is 19.9 Å². The molecule has 1 aromatic carbocycles. The van der Waals surface area contributed by atoms with E-state index < -0.39 is 0 Å². The van der Waals surface area contributed by atoms with Crippen LogP contribution in [0.5, 0.6) is 6.01 Å². The highest BCUT2D eigenvalue weighted by Gasteiger charge is 2.42. The Morgan fingerprint density at radius 1 is 1.33 bits per heavy atom. The summed E-state index contributed by atoms with van der Waals surface area (Å²) in [5.74, 6) is -0.219. The summed E-state index contributed by atoms with van der Waals surface area (Å²) in [6, 6.07) is 4.10. The Kier molecular flexibility index (Phi) is 4.38. The summed E-state index contributed by atoms with van der Waals surface area (Å²) >= 11 is 0. The number of urea groups is 1. The topological polar surface area (TPSA) is 87.7 Å². The van der Waals surface area contributed by atoms with E-state index in [0.29, 0.717) is 23.8 Å². The van der Waals surface area contributed by atoms with Gasteiger partial charge in [-0.05, 0) is 41.7 Å². The third-order valence-electron chi connectivity index (χ3n) is 5.86. The molecular weight excluding hydrogens is 389 g/mol. The van der Waals surface area contributed by atoms with E-state index in [4.69, 9.17) is 4.74 Å². The smallest absolute Gasteiger partial charge is 0.322 e. The number of fused-ring (bicyclic) bond motifs is 3. The van der Waals surface area contributed by atoms with Gasteiger partial charge in [0.1, 0.15) is 12.4 Å². The van der Waals surface area contributed by atoms with Crippen molar-refractivity contribution in [3.05, 3.63) is 53.6 Å². The van der Waals surface area contributed by atoms with Crippen molar-refractivity contribution < 1.29 is 18.7 Å². The van der Waals surface area contributed by atoms with Gasteiger partial charge in [0.15, 0.2) is 0 Å². The van der Waals surface area contributed by atoms with Crippen LogP contribution in [-0.2, 0) is 11.3 Å². The molecule has 3 heterocycles. The molecular formula is C21H20FN5O3. The summed E-state index contributed by atoms with van der Waals surface area (Å²) in [5, 5.41) is 2.72. The van der Waals surface area contributed by atoms with Gasteiger partial charge in [-0.15, -0.1) is 0 Å². The molecule has 154 valence electrons. The number of ether oxygens (including phenoxy) is 1. The second-order valence-electron chi connectivity index (χ2n) is 7.73. The molecule has 2 aromatic rings. The number of likely N-dealkylation sites (tertiary alicyclic amines) is 1. The molecule has 1 N–H and O–H groups in total. The van der Waals surface area contributed by atoms with Crippen molar-refractivity contribution in [1.82, 2.24) is 19.8 Å². The van der Waals surface area contributed by atoms with E-state index >= 15 is 0 Å². The molecule has 1 aliphatic carbocycles. The van der Waals surface area contributed by atoms with E-state index in [0.717, 1.165) is 17.6 Å². The third-order valence-corrected chi connectivity index (χ3v) is 5.86. The molecule has 3 aliphatic rings. The number of carbonyl (C=O) groups excluding carboxylic acids is 2. The molecule has 1 saturated heterocycles. The number of benzene rings is 1. The predicted octanol–water partition coefficient (Wildman–Crippen LogP) is 2.29. The molecule has 1 fully saturated rings. The number of nitrogens with zero attached hydrogens (tertiary/aromatic N) is 4. The van der Waals surface area contributed by atoms with Crippen LogP contribution < -0.4 is 10.1 Å². The average Bonchev–Trinajstić information content (AvgIpc) is 3.36. The monoisotopic (exact) mass is 409 g/mol. The lowest BCUT2D eigenvalue weighted by Crippen LogP contribution is -2.48. The highest BCUT2D eigenvalue weighted by molar-refractivity contribution is 5.95. The van der Waals surface area contributed by atoms with Gasteiger partial charge in [0.2, 0.25) is 5.91 Å². The Hall–Kier alpha value is -3.49. The highest BCUT2D eigenvalue weighted by Crippen LogP contribution is 2.41. The number of anilines is 1. The van der Waals surface area contributed by atoms with E-state index in [1.165, 1.54) is 30.2 Å². The van der Waals surface area contributed by atoms with Crippen molar-refractivity contribution >= 4 is 23.2 Å². The van der Waals surface area contributed by atoms with Gasteiger partial charge in [-0.2, -0.15) is 0 Å². The second-order valence-corrected chi connectivity index (χ2v) is 7.73. The van der Waals surface area contributed by atoms with Crippen LogP contribution in [0.3, 0.4) is 0 Å². The zero-order valence-electron chi connectivity index (χ0n) is 16.3. The predicted molar refractivity (Wildman–Crippen MR) is 106 cm³/mol. The molecule has 1 aromatic heterocycles. The van der Waals surface area contributed by atoms with E-state index in [-0.39, 0.29) is 42.8 Å². The summed E-state index contributed by atoms with van der Waals surface area (Å²) in [6.07, 6.45) is 6.43. The molecule has 2 aliphatic heterocycles. The van der Waals surface area contributed by atoms with Gasteiger partial charge in [0.25, 0.3) is 0 Å². The first-order valence-corrected chi connectivity index (χ1v) is 9.74. The zero-order chi connectivity index (χ0) is 20.8. The third kappa shape index (κ3) is 3.16. The number of methoxy groups -OCH3 is 1. The number of hydrogen-bond donors (Lipinski definition) is 1. The van der Waals surface area contributed by atoms with Gasteiger partial charge in [-0.1, -0.05) is 6.08 Å². The summed E-state index contributed by atoms with van der Waals surface area (Å²) < 4.78 is 18.6. The van der Waals surface area contributed by atoms with Crippen LogP contribution >= 0.6 is 0 Å². The molecule has 0 radical (unpaired) electrons. The van der Waals surface area contributed by atoms with Gasteiger partial charge in [-0.25, -0.2) is 19.2 Å². The summed E-state index contributed by atoms with van der Waals surface area (Å²) in [7, 11) is 1.51. The van der Waals surface area contributed by atoms with Crippen molar-refractivity contribution in [2.24, 2.45) is 5.92 Å². The summed E-state index contributed by atoms with van der Waals surface area (Å²) in [4.78, 5) is 37.0. The number of carbonyl (C=O) groups is 2. The van der Waals surface area contributed by atoms with Crippen LogP contribution in [0.1, 0.15) is 17.5 Å². The summed E-state index contributed by atoms with van der Waals surface area (Å²) in [6.45, 7) is 0.768. The number of nitrogens with one attached hydrogen (secondary N) is 1. The summed E-state index contributed by atoms with van der Waals surface area (Å²) in [5.41, 5.74) is 3.12. The quantitative estimate of drug-likeness (QED) is 0.837. The molecule has 2 bridgehead atoms. The largest absolute Gasteiger partial charge is 0.467 e. The molecule has 30 heavy (non-hydrogen) atoms. The van der Waals surface area contributed by atoms with E-state index in [1.807, 2.05) is 4.90 Å². The normalized spacial score (nSPS) is 21.9. The van der Waals surface area contributed by atoms with Gasteiger partial charge in [-0.3, -0.25) is 4.79 Å². The second kappa shape index (κ2) is 7.08. The Labute approximate surface area is 172 Å². The van der Waals surface area contributed by atoms with Crippen LogP contribution in [0.15, 0.2) is 36.7 Å². The molecule has 0 unspecified atom stereocenters. The SMILES string of the molecule is COc1ncc(C2=C[C@@H]3C[C@H]2N(C(=O)CN2Cc4cc(F)ccc4NC2=O)C3)cn1. The van der Waals surface area contributed by atoms with Crippen LogP contribution in [-0.4, -0.2) is 57.9 Å². The van der Waals surface area contributed by atoms with Gasteiger partial charge in [0.05, 0.1) is 19.7 Å². The van der Waals surface area contributed by atoms with E-state index in [1.54, 1.807) is 12.4 Å². The molecule has 2 atom stereocenters. The first-order valence-electron chi connectivity index (χ1n) is 9.74. The zero-order valence-corrected chi connectivity index (χ0v) is 16.3. The first kappa shape index (κ1) is 18.5. The highest BCUT2D eigenvalue weighted by atomic mass is 19.1. The number of halogens is 1. The van der Waals surface area contributed by atoms with Crippen LogP contribution in [0.25, 0.3) is 5.57 Å². The molecule has 8 nitrogen and oxygen atoms in total. The minimum atomic E-state index is -0.371. The molecule has 9 heteroatoms. The van der Waals surface area contributed by atoms with Crippen molar-refractivity contribution in [1.29, 1.82) is 0 Å². The maximum Gasteiger partial charge on any atom is 0.322 e. The first-order chi connectivity index (χ1) is 14.5. The fraction of sp³-hybridized carbons (Fsp3) is 0.333. The van der Waals surface area contributed by atoms with Crippen molar-refractivity contribution in [2.75, 3.05) is 25.5 Å². The lowest BCUT2D eigenvalue weighted by atomic mass is 10.0. The van der Waals surface area contributed by atoms with Crippen molar-refractivity contribution in [2.45, 2.75) is 19.0 Å². The Bertz CT molecular complexity index is 1060. The van der Waals surface area contributed by atoms with Gasteiger partial charge in [0, 0.05) is 30.2 Å². The number of hydrogen-bond acceptors (Lipinski definition) is 5. The van der Waals surface area contributed by atoms with Crippen molar-refractivity contribution in [3.63, 3.8) is 0 Å². The Morgan fingerprint density at radius 2 is 2.13 bits per heavy atom. The maximum absolute atomic E-state index is 13.6. The number of rotatable bonds is 4. The Morgan fingerprint density at radius 3 is 2.87 bits per heavy atom. The molecule has 3 amide bonds. The van der Waals surface area contributed by atoms with E-state index in [9.17, 15) is 14.0 Å². The average molecular weight is 409 g/mol. The standard InChI is InChI=1S/C21H20FN5O3/c1-30-20-23-7-14(8-24-20)16-4-12-5-18(16)27(9-12)19(28)11-26-10-13-6-15(22)2-3-17(13)25-21(26)29/h2-4,6-8,12,18H,5,9-11H2,1H3,(H,25,29)/t12-,18-/m1/s1. The lowest BCUT2D eigenvalue weighted by molar-refractivity contribution is -0.132. The fourth-order valence-electron chi connectivity index (χ4n) is 4.45. The van der Waals surface area contributed by atoms with Crippen molar-refractivity contribution in [3.8, 4) is 6.01 Å². The minimum absolute atomic E-state index is 0.0581. The molecule has 0 spiro atoms. The lowest BCUT2D eigenvalue weighted by Gasteiger charge is -2.33. The maximum atomic E-state index is 13.6. The van der Waals surface area contributed by atoms with Crippen LogP contribution in [0.4, 0.5) is 14.9 Å². The number of amides is 3. The molecule has 0 saturated carbocycles. The van der Waals surface area contributed by atoms with E-state index in [2.05, 4.69) is 21.4 Å². The van der Waals surface area contributed by atoms with Crippen LogP contribution in [0.2, 0.25) is 0 Å². The number of aromatic nitrogens is 2. The van der Waals surface area contributed by atoms with Gasteiger partial charge >= 0.3 is 12.0 Å². The minimum Gasteiger partial charge on any atom is -0.467 e.